The Morgan fingerprint density at radius 1 is 1.26 bits per heavy atom. The number of rotatable bonds is 3. The van der Waals surface area contributed by atoms with Gasteiger partial charge in [-0.15, -0.1) is 12.4 Å². The number of hydrogen-bond acceptors (Lipinski definition) is 4. The first kappa shape index (κ1) is 18.9. The molecule has 1 atom stereocenters. The summed E-state index contributed by atoms with van der Waals surface area (Å²) in [7, 11) is 0. The molecule has 1 heterocycles. The summed E-state index contributed by atoms with van der Waals surface area (Å²) in [6.45, 7) is 1.94. The van der Waals surface area contributed by atoms with Crippen LogP contribution in [0.4, 0.5) is 5.69 Å². The van der Waals surface area contributed by atoms with E-state index in [1.807, 2.05) is 43.3 Å². The van der Waals surface area contributed by atoms with Gasteiger partial charge in [0.15, 0.2) is 0 Å². The minimum atomic E-state index is -0.0534. The van der Waals surface area contributed by atoms with Crippen molar-refractivity contribution in [3.05, 3.63) is 71.3 Å². The van der Waals surface area contributed by atoms with Gasteiger partial charge in [0.05, 0.1) is 11.7 Å². The number of halogens is 1. The van der Waals surface area contributed by atoms with Crippen LogP contribution in [0.2, 0.25) is 0 Å². The fourth-order valence-corrected chi connectivity index (χ4v) is 3.61. The van der Waals surface area contributed by atoms with Gasteiger partial charge in [-0.3, -0.25) is 4.79 Å². The molecule has 0 bridgehead atoms. The van der Waals surface area contributed by atoms with E-state index in [0.29, 0.717) is 5.56 Å². The van der Waals surface area contributed by atoms with Crippen molar-refractivity contribution in [2.75, 3.05) is 5.73 Å². The third-order valence-corrected chi connectivity index (χ3v) is 4.92. The second-order valence-corrected chi connectivity index (χ2v) is 6.72. The summed E-state index contributed by atoms with van der Waals surface area (Å²) in [5, 5.41) is 7.31. The van der Waals surface area contributed by atoms with Gasteiger partial charge in [-0.05, 0) is 73.2 Å². The fourth-order valence-electron chi connectivity index (χ4n) is 3.61. The van der Waals surface area contributed by atoms with Crippen molar-refractivity contribution in [3.63, 3.8) is 0 Å². The summed E-state index contributed by atoms with van der Waals surface area (Å²) in [5.74, 6) is -0.0534. The standard InChI is InChI=1S/C20H21N5O.ClH/c1-13-9-16(25-12-22-11-23-25)6-8-17(13)20(26)24-19-4-2-3-14-10-15(21)5-7-18(14)19;/h5-12,19H,2-4,21H2,1H3,(H,24,26);1H. The highest BCUT2D eigenvalue weighted by Gasteiger charge is 2.23. The van der Waals surface area contributed by atoms with E-state index < -0.39 is 0 Å². The second kappa shape index (κ2) is 7.80. The van der Waals surface area contributed by atoms with Crippen LogP contribution in [0.15, 0.2) is 49.1 Å². The summed E-state index contributed by atoms with van der Waals surface area (Å²) in [4.78, 5) is 16.8. The molecule has 1 unspecified atom stereocenters. The van der Waals surface area contributed by atoms with Gasteiger partial charge in [0.25, 0.3) is 5.91 Å². The van der Waals surface area contributed by atoms with E-state index in [-0.39, 0.29) is 24.4 Å². The summed E-state index contributed by atoms with van der Waals surface area (Å²) >= 11 is 0. The van der Waals surface area contributed by atoms with Crippen molar-refractivity contribution in [3.8, 4) is 5.69 Å². The monoisotopic (exact) mass is 383 g/mol. The number of nitrogen functional groups attached to an aromatic ring is 1. The van der Waals surface area contributed by atoms with Crippen LogP contribution in [0.1, 0.15) is 45.9 Å². The first-order valence-electron chi connectivity index (χ1n) is 8.76. The zero-order chi connectivity index (χ0) is 18.1. The Labute approximate surface area is 164 Å². The Balaban J connectivity index is 0.00000210. The molecule has 7 heteroatoms. The largest absolute Gasteiger partial charge is 0.399 e. The molecule has 3 aromatic rings. The molecule has 0 fully saturated rings. The highest BCUT2D eigenvalue weighted by Crippen LogP contribution is 2.31. The van der Waals surface area contributed by atoms with Crippen molar-refractivity contribution in [1.29, 1.82) is 0 Å². The maximum atomic E-state index is 12.8. The number of carbonyl (C=O) groups is 1. The molecule has 0 saturated heterocycles. The molecule has 0 aliphatic heterocycles. The third-order valence-electron chi connectivity index (χ3n) is 4.92. The number of hydrogen-bond donors (Lipinski definition) is 2. The Morgan fingerprint density at radius 3 is 2.85 bits per heavy atom. The van der Waals surface area contributed by atoms with Crippen molar-refractivity contribution in [2.24, 2.45) is 0 Å². The predicted molar refractivity (Wildman–Crippen MR) is 107 cm³/mol. The van der Waals surface area contributed by atoms with E-state index in [2.05, 4.69) is 15.4 Å². The summed E-state index contributed by atoms with van der Waals surface area (Å²) < 4.78 is 1.68. The van der Waals surface area contributed by atoms with Crippen LogP contribution in [0.25, 0.3) is 5.69 Å². The number of carbonyl (C=O) groups excluding carboxylic acids is 1. The summed E-state index contributed by atoms with van der Waals surface area (Å²) in [6.07, 6.45) is 6.13. The zero-order valence-corrected chi connectivity index (χ0v) is 15.9. The number of aromatic nitrogens is 3. The molecule has 2 aromatic carbocycles. The minimum absolute atomic E-state index is 0. The van der Waals surface area contributed by atoms with Crippen molar-refractivity contribution < 1.29 is 4.79 Å². The molecule has 4 rings (SSSR count). The summed E-state index contributed by atoms with van der Waals surface area (Å²) in [6, 6.07) is 11.7. The van der Waals surface area contributed by atoms with Gasteiger partial charge in [0, 0.05) is 11.3 Å². The van der Waals surface area contributed by atoms with Gasteiger partial charge in [-0.2, -0.15) is 5.10 Å². The van der Waals surface area contributed by atoms with Crippen molar-refractivity contribution >= 4 is 24.0 Å². The Bertz CT molecular complexity index is 955. The lowest BCUT2D eigenvalue weighted by Gasteiger charge is -2.27. The highest BCUT2D eigenvalue weighted by molar-refractivity contribution is 5.96. The molecule has 1 aliphatic carbocycles. The Kier molecular flexibility index (Phi) is 5.46. The smallest absolute Gasteiger partial charge is 0.252 e. The average molecular weight is 384 g/mol. The van der Waals surface area contributed by atoms with Crippen LogP contribution in [-0.2, 0) is 6.42 Å². The maximum Gasteiger partial charge on any atom is 0.252 e. The minimum Gasteiger partial charge on any atom is -0.399 e. The third kappa shape index (κ3) is 3.80. The average Bonchev–Trinajstić information content (AvgIpc) is 3.16. The molecule has 6 nitrogen and oxygen atoms in total. The molecule has 3 N–H and O–H groups in total. The number of nitrogens with two attached hydrogens (primary N) is 1. The molecule has 1 aromatic heterocycles. The first-order chi connectivity index (χ1) is 12.6. The Morgan fingerprint density at radius 2 is 2.11 bits per heavy atom. The van der Waals surface area contributed by atoms with Crippen LogP contribution in [0.5, 0.6) is 0 Å². The summed E-state index contributed by atoms with van der Waals surface area (Å²) in [5.41, 5.74) is 11.5. The topological polar surface area (TPSA) is 85.8 Å². The van der Waals surface area contributed by atoms with E-state index in [0.717, 1.165) is 36.2 Å². The number of amides is 1. The maximum absolute atomic E-state index is 12.8. The van der Waals surface area contributed by atoms with E-state index >= 15 is 0 Å². The lowest BCUT2D eigenvalue weighted by atomic mass is 9.87. The van der Waals surface area contributed by atoms with Crippen LogP contribution in [0, 0.1) is 6.92 Å². The lowest BCUT2D eigenvalue weighted by Crippen LogP contribution is -2.31. The molecular weight excluding hydrogens is 362 g/mol. The zero-order valence-electron chi connectivity index (χ0n) is 15.1. The fraction of sp³-hybridized carbons (Fsp3) is 0.250. The van der Waals surface area contributed by atoms with Crippen molar-refractivity contribution in [2.45, 2.75) is 32.2 Å². The number of nitrogens with zero attached hydrogens (tertiary/aromatic N) is 3. The molecule has 0 radical (unpaired) electrons. The lowest BCUT2D eigenvalue weighted by molar-refractivity contribution is 0.0932. The van der Waals surface area contributed by atoms with Gasteiger partial charge in [-0.25, -0.2) is 9.67 Å². The number of aryl methyl sites for hydroxylation is 2. The second-order valence-electron chi connectivity index (χ2n) is 6.72. The molecule has 27 heavy (non-hydrogen) atoms. The first-order valence-corrected chi connectivity index (χ1v) is 8.76. The van der Waals surface area contributed by atoms with Crippen LogP contribution >= 0.6 is 12.4 Å². The predicted octanol–water partition coefficient (Wildman–Crippen LogP) is 3.39. The number of anilines is 1. The SMILES string of the molecule is Cc1cc(-n2cncn2)ccc1C(=O)NC1CCCc2cc(N)ccc21.Cl. The van der Waals surface area contributed by atoms with Crippen LogP contribution < -0.4 is 11.1 Å². The Hall–Kier alpha value is -2.86. The van der Waals surface area contributed by atoms with Crippen LogP contribution in [-0.4, -0.2) is 20.7 Å². The van der Waals surface area contributed by atoms with E-state index in [1.165, 1.54) is 17.5 Å². The van der Waals surface area contributed by atoms with Gasteiger partial charge in [0.2, 0.25) is 0 Å². The number of benzene rings is 2. The van der Waals surface area contributed by atoms with Crippen molar-refractivity contribution in [1.82, 2.24) is 20.1 Å². The van der Waals surface area contributed by atoms with Crippen LogP contribution in [0.3, 0.4) is 0 Å². The normalized spacial score (nSPS) is 15.5. The molecule has 140 valence electrons. The van der Waals surface area contributed by atoms with E-state index in [1.54, 1.807) is 11.0 Å². The van der Waals surface area contributed by atoms with E-state index in [4.69, 9.17) is 5.73 Å². The quantitative estimate of drug-likeness (QED) is 0.679. The highest BCUT2D eigenvalue weighted by atomic mass is 35.5. The number of nitrogens with one attached hydrogen (secondary N) is 1. The van der Waals surface area contributed by atoms with Gasteiger partial charge >= 0.3 is 0 Å². The molecule has 0 saturated carbocycles. The molecule has 1 amide bonds. The molecular formula is C20H22ClN5O. The van der Waals surface area contributed by atoms with Gasteiger partial charge in [-0.1, -0.05) is 6.07 Å². The van der Waals surface area contributed by atoms with E-state index in [9.17, 15) is 4.79 Å². The van der Waals surface area contributed by atoms with Gasteiger partial charge in [0.1, 0.15) is 12.7 Å². The molecule has 0 spiro atoms. The van der Waals surface area contributed by atoms with Gasteiger partial charge < -0.3 is 11.1 Å². The molecule has 1 aliphatic rings. The number of fused-ring (bicyclic) bond motifs is 1.